The van der Waals surface area contributed by atoms with Crippen molar-refractivity contribution in [2.45, 2.75) is 25.8 Å². The number of benzene rings is 1. The minimum atomic E-state index is -0.243. The molecule has 4 heteroatoms. The molecule has 0 saturated heterocycles. The first-order valence-corrected chi connectivity index (χ1v) is 6.85. The molecule has 19 heavy (non-hydrogen) atoms. The highest BCUT2D eigenvalue weighted by molar-refractivity contribution is 6.16. The van der Waals surface area contributed by atoms with Crippen LogP contribution in [0.3, 0.4) is 0 Å². The number of hydrogen-bond acceptors (Lipinski definition) is 3. The number of halogens is 1. The molecule has 2 rings (SSSR count). The summed E-state index contributed by atoms with van der Waals surface area (Å²) in [6.45, 7) is 4.51. The molecule has 3 nitrogen and oxygen atoms in total. The summed E-state index contributed by atoms with van der Waals surface area (Å²) in [7, 11) is 0. The molecule has 0 bridgehead atoms. The molecule has 0 aliphatic rings. The molecule has 1 unspecified atom stereocenters. The summed E-state index contributed by atoms with van der Waals surface area (Å²) in [5.74, 6) is 1.05. The predicted molar refractivity (Wildman–Crippen MR) is 76.2 cm³/mol. The third kappa shape index (κ3) is 3.52. The third-order valence-electron chi connectivity index (χ3n) is 2.73. The number of nitrogens with zero attached hydrogens (tertiary/aromatic N) is 2. The van der Waals surface area contributed by atoms with E-state index in [1.165, 1.54) is 0 Å². The van der Waals surface area contributed by atoms with Gasteiger partial charge in [-0.25, -0.2) is 9.97 Å². The Morgan fingerprint density at radius 2 is 1.95 bits per heavy atom. The van der Waals surface area contributed by atoms with E-state index < -0.39 is 0 Å². The molecule has 0 amide bonds. The molecule has 0 aliphatic carbocycles. The molecule has 0 saturated carbocycles. The van der Waals surface area contributed by atoms with Crippen molar-refractivity contribution in [1.29, 1.82) is 0 Å². The Morgan fingerprint density at radius 3 is 2.58 bits per heavy atom. The van der Waals surface area contributed by atoms with Crippen LogP contribution in [-0.2, 0) is 10.6 Å². The fourth-order valence-electron chi connectivity index (χ4n) is 1.96. The molecule has 1 atom stereocenters. The highest BCUT2D eigenvalue weighted by atomic mass is 35.5. The standard InChI is InChI=1S/C15H17ClN2O/c1-3-19-14(12-7-5-4-6-8-12)15-17-11(2)9-13(10-16)18-15/h4-9,14H,3,10H2,1-2H3. The van der Waals surface area contributed by atoms with Gasteiger partial charge in [0.15, 0.2) is 5.82 Å². The summed E-state index contributed by atoms with van der Waals surface area (Å²) in [5, 5.41) is 0. The summed E-state index contributed by atoms with van der Waals surface area (Å²) in [5.41, 5.74) is 2.78. The van der Waals surface area contributed by atoms with Crippen LogP contribution in [0.1, 0.15) is 35.8 Å². The van der Waals surface area contributed by atoms with Crippen molar-refractivity contribution in [2.75, 3.05) is 6.61 Å². The molecule has 1 aromatic carbocycles. The summed E-state index contributed by atoms with van der Waals surface area (Å²) in [6.07, 6.45) is -0.243. The topological polar surface area (TPSA) is 35.0 Å². The zero-order valence-electron chi connectivity index (χ0n) is 11.1. The number of aryl methyl sites for hydroxylation is 1. The largest absolute Gasteiger partial charge is 0.366 e. The summed E-state index contributed by atoms with van der Waals surface area (Å²) in [4.78, 5) is 8.96. The van der Waals surface area contributed by atoms with Crippen LogP contribution in [0, 0.1) is 6.92 Å². The van der Waals surface area contributed by atoms with Gasteiger partial charge in [-0.2, -0.15) is 0 Å². The van der Waals surface area contributed by atoms with Crippen molar-refractivity contribution in [1.82, 2.24) is 9.97 Å². The molecule has 0 N–H and O–H groups in total. The number of hydrogen-bond donors (Lipinski definition) is 0. The van der Waals surface area contributed by atoms with Crippen LogP contribution >= 0.6 is 11.6 Å². The third-order valence-corrected chi connectivity index (χ3v) is 3.01. The normalized spacial score (nSPS) is 12.4. The van der Waals surface area contributed by atoms with Crippen molar-refractivity contribution in [2.24, 2.45) is 0 Å². The van der Waals surface area contributed by atoms with Crippen LogP contribution in [0.15, 0.2) is 36.4 Å². The van der Waals surface area contributed by atoms with E-state index in [4.69, 9.17) is 16.3 Å². The first-order valence-electron chi connectivity index (χ1n) is 6.31. The Hall–Kier alpha value is -1.45. The van der Waals surface area contributed by atoms with E-state index in [-0.39, 0.29) is 6.10 Å². The van der Waals surface area contributed by atoms with Crippen LogP contribution in [0.4, 0.5) is 0 Å². The summed E-state index contributed by atoms with van der Waals surface area (Å²) < 4.78 is 5.80. The van der Waals surface area contributed by atoms with Gasteiger partial charge < -0.3 is 4.74 Å². The average Bonchev–Trinajstić information content (AvgIpc) is 2.45. The molecular formula is C15H17ClN2O. The maximum absolute atomic E-state index is 5.87. The van der Waals surface area contributed by atoms with E-state index in [0.717, 1.165) is 17.0 Å². The smallest absolute Gasteiger partial charge is 0.162 e. The van der Waals surface area contributed by atoms with E-state index in [2.05, 4.69) is 9.97 Å². The summed E-state index contributed by atoms with van der Waals surface area (Å²) in [6, 6.07) is 11.9. The molecule has 0 spiro atoms. The molecule has 1 heterocycles. The fourth-order valence-corrected chi connectivity index (χ4v) is 2.10. The maximum atomic E-state index is 5.87. The van der Waals surface area contributed by atoms with Gasteiger partial charge in [-0.05, 0) is 25.5 Å². The second-order valence-electron chi connectivity index (χ2n) is 4.24. The average molecular weight is 277 g/mol. The van der Waals surface area contributed by atoms with Gasteiger partial charge in [0, 0.05) is 12.3 Å². The van der Waals surface area contributed by atoms with Gasteiger partial charge in [0.05, 0.1) is 11.6 Å². The molecule has 2 aromatic rings. The number of rotatable bonds is 5. The molecular weight excluding hydrogens is 260 g/mol. The maximum Gasteiger partial charge on any atom is 0.162 e. The van der Waals surface area contributed by atoms with Crippen LogP contribution in [-0.4, -0.2) is 16.6 Å². The van der Waals surface area contributed by atoms with Gasteiger partial charge in [0.2, 0.25) is 0 Å². The molecule has 0 aliphatic heterocycles. The van der Waals surface area contributed by atoms with Crippen molar-refractivity contribution in [3.8, 4) is 0 Å². The molecule has 0 radical (unpaired) electrons. The van der Waals surface area contributed by atoms with E-state index in [1.807, 2.05) is 50.2 Å². The van der Waals surface area contributed by atoms with E-state index >= 15 is 0 Å². The van der Waals surface area contributed by atoms with Gasteiger partial charge in [-0.15, -0.1) is 11.6 Å². The summed E-state index contributed by atoms with van der Waals surface area (Å²) >= 11 is 5.87. The Morgan fingerprint density at radius 1 is 1.21 bits per heavy atom. The van der Waals surface area contributed by atoms with Crippen LogP contribution in [0.5, 0.6) is 0 Å². The lowest BCUT2D eigenvalue weighted by molar-refractivity contribution is 0.0848. The SMILES string of the molecule is CCOC(c1ccccc1)c1nc(C)cc(CCl)n1. The zero-order chi connectivity index (χ0) is 13.7. The van der Waals surface area contributed by atoms with Gasteiger partial charge in [0.25, 0.3) is 0 Å². The molecule has 0 fully saturated rings. The zero-order valence-corrected chi connectivity index (χ0v) is 11.9. The molecule has 1 aromatic heterocycles. The fraction of sp³-hybridized carbons (Fsp3) is 0.333. The first kappa shape index (κ1) is 14.0. The second kappa shape index (κ2) is 6.64. The minimum absolute atomic E-state index is 0.243. The van der Waals surface area contributed by atoms with Gasteiger partial charge in [-0.1, -0.05) is 30.3 Å². The quantitative estimate of drug-likeness (QED) is 0.782. The monoisotopic (exact) mass is 276 g/mol. The minimum Gasteiger partial charge on any atom is -0.366 e. The Kier molecular flexibility index (Phi) is 4.88. The second-order valence-corrected chi connectivity index (χ2v) is 4.51. The van der Waals surface area contributed by atoms with E-state index in [1.54, 1.807) is 0 Å². The first-order chi connectivity index (χ1) is 9.24. The van der Waals surface area contributed by atoms with Gasteiger partial charge in [0.1, 0.15) is 6.10 Å². The van der Waals surface area contributed by atoms with Crippen molar-refractivity contribution in [3.63, 3.8) is 0 Å². The lowest BCUT2D eigenvalue weighted by Crippen LogP contribution is -2.12. The van der Waals surface area contributed by atoms with E-state index in [9.17, 15) is 0 Å². The Bertz CT molecular complexity index is 531. The highest BCUT2D eigenvalue weighted by Gasteiger charge is 2.18. The Balaban J connectivity index is 2.41. The number of aromatic nitrogens is 2. The lowest BCUT2D eigenvalue weighted by Gasteiger charge is -2.17. The Labute approximate surface area is 118 Å². The molecule has 100 valence electrons. The van der Waals surface area contributed by atoms with E-state index in [0.29, 0.717) is 18.3 Å². The highest BCUT2D eigenvalue weighted by Crippen LogP contribution is 2.23. The van der Waals surface area contributed by atoms with Crippen molar-refractivity contribution < 1.29 is 4.74 Å². The van der Waals surface area contributed by atoms with Gasteiger partial charge in [-0.3, -0.25) is 0 Å². The van der Waals surface area contributed by atoms with Crippen LogP contribution in [0.25, 0.3) is 0 Å². The number of alkyl halides is 1. The number of ether oxygens (including phenoxy) is 1. The van der Waals surface area contributed by atoms with Crippen LogP contribution in [0.2, 0.25) is 0 Å². The van der Waals surface area contributed by atoms with Crippen molar-refractivity contribution >= 4 is 11.6 Å². The van der Waals surface area contributed by atoms with Gasteiger partial charge >= 0.3 is 0 Å². The van der Waals surface area contributed by atoms with Crippen molar-refractivity contribution in [3.05, 3.63) is 59.2 Å². The van der Waals surface area contributed by atoms with Crippen LogP contribution < -0.4 is 0 Å². The lowest BCUT2D eigenvalue weighted by atomic mass is 10.1. The predicted octanol–water partition coefficient (Wildman–Crippen LogP) is 3.65.